The molecule has 4 rings (SSSR count). The van der Waals surface area contributed by atoms with Crippen LogP contribution in [0.3, 0.4) is 0 Å². The third kappa shape index (κ3) is 1.70. The molecule has 3 atom stereocenters. The summed E-state index contributed by atoms with van der Waals surface area (Å²) in [5, 5.41) is 3.72. The molecule has 2 nitrogen and oxygen atoms in total. The lowest BCUT2D eigenvalue weighted by Gasteiger charge is -2.25. The summed E-state index contributed by atoms with van der Waals surface area (Å²) in [7, 11) is 0. The zero-order valence-electron chi connectivity index (χ0n) is 10.9. The second-order valence-corrected chi connectivity index (χ2v) is 6.17. The standard InChI is InChI=1S/C16H22N2/c1-2-6-14-12(4-1)7-8-16(14)18-10-13-5-3-9-17-15(13)11-18/h1-2,4,6,13,15-17H,3,5,7-11H2. The summed E-state index contributed by atoms with van der Waals surface area (Å²) >= 11 is 0. The van der Waals surface area contributed by atoms with Gasteiger partial charge in [0.05, 0.1) is 0 Å². The smallest absolute Gasteiger partial charge is 0.0354 e. The molecule has 2 heteroatoms. The van der Waals surface area contributed by atoms with Gasteiger partial charge < -0.3 is 5.32 Å². The second kappa shape index (κ2) is 4.36. The Hall–Kier alpha value is -0.860. The van der Waals surface area contributed by atoms with Crippen LogP contribution in [-0.4, -0.2) is 30.6 Å². The third-order valence-corrected chi connectivity index (χ3v) is 5.17. The summed E-state index contributed by atoms with van der Waals surface area (Å²) in [5.41, 5.74) is 3.20. The summed E-state index contributed by atoms with van der Waals surface area (Å²) in [6, 6.07) is 10.5. The van der Waals surface area contributed by atoms with E-state index >= 15 is 0 Å². The largest absolute Gasteiger partial charge is 0.312 e. The van der Waals surface area contributed by atoms with Gasteiger partial charge in [0.15, 0.2) is 0 Å². The molecule has 3 unspecified atom stereocenters. The minimum Gasteiger partial charge on any atom is -0.312 e. The number of hydrogen-bond donors (Lipinski definition) is 1. The van der Waals surface area contributed by atoms with E-state index in [9.17, 15) is 0 Å². The zero-order chi connectivity index (χ0) is 11.9. The van der Waals surface area contributed by atoms with Crippen LogP contribution in [0.15, 0.2) is 24.3 Å². The Balaban J connectivity index is 1.55. The molecule has 0 bridgehead atoms. The van der Waals surface area contributed by atoms with Crippen LogP contribution in [0.5, 0.6) is 0 Å². The highest BCUT2D eigenvalue weighted by Gasteiger charge is 2.39. The van der Waals surface area contributed by atoms with Crippen LogP contribution in [0.2, 0.25) is 0 Å². The van der Waals surface area contributed by atoms with E-state index in [0.717, 1.165) is 12.0 Å². The fourth-order valence-electron chi connectivity index (χ4n) is 4.25. The first-order valence-electron chi connectivity index (χ1n) is 7.47. The molecule has 1 aliphatic carbocycles. The summed E-state index contributed by atoms with van der Waals surface area (Å²) in [6.45, 7) is 3.82. The van der Waals surface area contributed by atoms with Crippen molar-refractivity contribution in [3.8, 4) is 0 Å². The first-order chi connectivity index (χ1) is 8.92. The van der Waals surface area contributed by atoms with Gasteiger partial charge in [0, 0.05) is 25.2 Å². The van der Waals surface area contributed by atoms with Gasteiger partial charge in [-0.15, -0.1) is 0 Å². The van der Waals surface area contributed by atoms with Crippen LogP contribution in [0.4, 0.5) is 0 Å². The van der Waals surface area contributed by atoms with Gasteiger partial charge in [0.25, 0.3) is 0 Å². The average molecular weight is 242 g/mol. The van der Waals surface area contributed by atoms with E-state index < -0.39 is 0 Å². The quantitative estimate of drug-likeness (QED) is 0.813. The molecule has 2 heterocycles. The number of fused-ring (bicyclic) bond motifs is 2. The molecule has 2 fully saturated rings. The van der Waals surface area contributed by atoms with Crippen molar-refractivity contribution in [3.63, 3.8) is 0 Å². The predicted molar refractivity (Wildman–Crippen MR) is 73.6 cm³/mol. The molecule has 2 aliphatic heterocycles. The van der Waals surface area contributed by atoms with Crippen molar-refractivity contribution in [2.24, 2.45) is 5.92 Å². The fraction of sp³-hybridized carbons (Fsp3) is 0.625. The minimum absolute atomic E-state index is 0.702. The van der Waals surface area contributed by atoms with Gasteiger partial charge in [0.2, 0.25) is 0 Å². The highest BCUT2D eigenvalue weighted by atomic mass is 15.2. The van der Waals surface area contributed by atoms with Crippen LogP contribution in [0.1, 0.15) is 36.4 Å². The van der Waals surface area contributed by atoms with Crippen LogP contribution >= 0.6 is 0 Å². The lowest BCUT2D eigenvalue weighted by atomic mass is 9.94. The molecular formula is C16H22N2. The molecule has 1 aromatic rings. The molecule has 1 aromatic carbocycles. The van der Waals surface area contributed by atoms with E-state index in [1.54, 1.807) is 11.1 Å². The van der Waals surface area contributed by atoms with Gasteiger partial charge in [-0.2, -0.15) is 0 Å². The van der Waals surface area contributed by atoms with Crippen molar-refractivity contribution in [1.29, 1.82) is 0 Å². The summed E-state index contributed by atoms with van der Waals surface area (Å²) in [5.74, 6) is 0.909. The number of nitrogens with zero attached hydrogens (tertiary/aromatic N) is 1. The van der Waals surface area contributed by atoms with Gasteiger partial charge >= 0.3 is 0 Å². The Kier molecular flexibility index (Phi) is 2.66. The minimum atomic E-state index is 0.702. The number of piperidine rings is 1. The Morgan fingerprint density at radius 1 is 1.11 bits per heavy atom. The van der Waals surface area contributed by atoms with Crippen LogP contribution in [-0.2, 0) is 6.42 Å². The molecular weight excluding hydrogens is 220 g/mol. The van der Waals surface area contributed by atoms with Crippen molar-refractivity contribution in [2.45, 2.75) is 37.8 Å². The number of benzene rings is 1. The first-order valence-corrected chi connectivity index (χ1v) is 7.47. The second-order valence-electron chi connectivity index (χ2n) is 6.17. The maximum absolute atomic E-state index is 3.72. The Morgan fingerprint density at radius 3 is 3.00 bits per heavy atom. The van der Waals surface area contributed by atoms with Gasteiger partial charge in [0.1, 0.15) is 0 Å². The molecule has 96 valence electrons. The lowest BCUT2D eigenvalue weighted by Crippen LogP contribution is -2.40. The molecule has 1 N–H and O–H groups in total. The molecule has 0 aromatic heterocycles. The SMILES string of the molecule is c1ccc2c(c1)CCC2N1CC2CCCNC2C1. The normalized spacial score (nSPS) is 35.4. The highest BCUT2D eigenvalue weighted by molar-refractivity contribution is 5.34. The Bertz CT molecular complexity index is 428. The van der Waals surface area contributed by atoms with Crippen LogP contribution in [0.25, 0.3) is 0 Å². The van der Waals surface area contributed by atoms with E-state index in [4.69, 9.17) is 0 Å². The molecule has 0 saturated carbocycles. The predicted octanol–water partition coefficient (Wildman–Crippen LogP) is 2.36. The maximum atomic E-state index is 3.72. The van der Waals surface area contributed by atoms with Crippen molar-refractivity contribution >= 4 is 0 Å². The maximum Gasteiger partial charge on any atom is 0.0354 e. The van der Waals surface area contributed by atoms with Gasteiger partial charge in [-0.05, 0) is 49.3 Å². The number of nitrogens with one attached hydrogen (secondary N) is 1. The van der Waals surface area contributed by atoms with E-state index in [0.29, 0.717) is 6.04 Å². The van der Waals surface area contributed by atoms with Crippen molar-refractivity contribution < 1.29 is 0 Å². The first kappa shape index (κ1) is 11.0. The molecule has 2 saturated heterocycles. The molecule has 18 heavy (non-hydrogen) atoms. The van der Waals surface area contributed by atoms with E-state index in [1.165, 1.54) is 45.3 Å². The van der Waals surface area contributed by atoms with Gasteiger partial charge in [-0.3, -0.25) is 4.90 Å². The topological polar surface area (TPSA) is 15.3 Å². The zero-order valence-corrected chi connectivity index (χ0v) is 10.9. The number of likely N-dealkylation sites (tertiary alicyclic amines) is 1. The Morgan fingerprint density at radius 2 is 2.06 bits per heavy atom. The van der Waals surface area contributed by atoms with Crippen molar-refractivity contribution in [3.05, 3.63) is 35.4 Å². The Labute approximate surface area is 109 Å². The molecule has 3 aliphatic rings. The van der Waals surface area contributed by atoms with E-state index in [1.807, 2.05) is 0 Å². The van der Waals surface area contributed by atoms with Crippen molar-refractivity contribution in [2.75, 3.05) is 19.6 Å². The molecule has 0 radical (unpaired) electrons. The summed E-state index contributed by atoms with van der Waals surface area (Å²) in [6.07, 6.45) is 5.41. The van der Waals surface area contributed by atoms with E-state index in [2.05, 4.69) is 34.5 Å². The third-order valence-electron chi connectivity index (χ3n) is 5.17. The fourth-order valence-corrected chi connectivity index (χ4v) is 4.25. The van der Waals surface area contributed by atoms with Gasteiger partial charge in [-0.1, -0.05) is 24.3 Å². The average Bonchev–Trinajstić information content (AvgIpc) is 3.02. The van der Waals surface area contributed by atoms with E-state index in [-0.39, 0.29) is 0 Å². The highest BCUT2D eigenvalue weighted by Crippen LogP contribution is 2.39. The number of rotatable bonds is 1. The number of aryl methyl sites for hydroxylation is 1. The monoisotopic (exact) mass is 242 g/mol. The van der Waals surface area contributed by atoms with Crippen LogP contribution in [0, 0.1) is 5.92 Å². The van der Waals surface area contributed by atoms with Crippen LogP contribution < -0.4 is 5.32 Å². The summed E-state index contributed by atoms with van der Waals surface area (Å²) < 4.78 is 0. The molecule has 0 spiro atoms. The lowest BCUT2D eigenvalue weighted by molar-refractivity contribution is 0.234. The van der Waals surface area contributed by atoms with Crippen molar-refractivity contribution in [1.82, 2.24) is 10.2 Å². The summed E-state index contributed by atoms with van der Waals surface area (Å²) in [4.78, 5) is 2.75. The molecule has 0 amide bonds. The number of hydrogen-bond acceptors (Lipinski definition) is 2. The van der Waals surface area contributed by atoms with Gasteiger partial charge in [-0.25, -0.2) is 0 Å².